The van der Waals surface area contributed by atoms with Crippen LogP contribution in [0.1, 0.15) is 5.69 Å². The lowest BCUT2D eigenvalue weighted by Crippen LogP contribution is -2.51. The zero-order chi connectivity index (χ0) is 16.1. The van der Waals surface area contributed by atoms with Gasteiger partial charge in [0.05, 0.1) is 17.8 Å². The zero-order valence-electron chi connectivity index (χ0n) is 13.4. The maximum atomic E-state index is 12.0. The van der Waals surface area contributed by atoms with Crippen molar-refractivity contribution in [2.45, 2.75) is 6.54 Å². The summed E-state index contributed by atoms with van der Waals surface area (Å²) in [5, 5.41) is 7.44. The van der Waals surface area contributed by atoms with E-state index in [0.29, 0.717) is 13.2 Å². The molecule has 3 heterocycles. The van der Waals surface area contributed by atoms with Crippen molar-refractivity contribution in [1.29, 1.82) is 0 Å². The van der Waals surface area contributed by atoms with Crippen molar-refractivity contribution in [3.05, 3.63) is 36.2 Å². The Morgan fingerprint density at radius 2 is 2.13 bits per heavy atom. The molecular weight excluding hydrogens is 294 g/mol. The highest BCUT2D eigenvalue weighted by Crippen LogP contribution is 2.10. The highest BCUT2D eigenvalue weighted by Gasteiger charge is 2.21. The molecule has 23 heavy (non-hydrogen) atoms. The number of carbonyl (C=O) groups excluding carboxylic acids is 1. The van der Waals surface area contributed by atoms with E-state index in [0.717, 1.165) is 43.9 Å². The summed E-state index contributed by atoms with van der Waals surface area (Å²) in [5.41, 5.74) is 2.17. The van der Waals surface area contributed by atoms with Gasteiger partial charge in [-0.05, 0) is 18.2 Å². The van der Waals surface area contributed by atoms with Crippen LogP contribution in [0, 0.1) is 0 Å². The van der Waals surface area contributed by atoms with E-state index in [2.05, 4.69) is 27.4 Å². The van der Waals surface area contributed by atoms with Gasteiger partial charge in [-0.2, -0.15) is 5.10 Å². The fourth-order valence-corrected chi connectivity index (χ4v) is 2.78. The van der Waals surface area contributed by atoms with Crippen molar-refractivity contribution in [3.63, 3.8) is 0 Å². The van der Waals surface area contributed by atoms with Gasteiger partial charge < -0.3 is 15.0 Å². The highest BCUT2D eigenvalue weighted by atomic mass is 16.5. The molecule has 0 aliphatic carbocycles. The lowest BCUT2D eigenvalue weighted by molar-refractivity contribution is 0.131. The van der Waals surface area contributed by atoms with Crippen LogP contribution in [0.25, 0.3) is 5.52 Å². The Morgan fingerprint density at radius 1 is 1.30 bits per heavy atom. The molecule has 1 aliphatic rings. The number of nitrogens with one attached hydrogen (secondary N) is 1. The summed E-state index contributed by atoms with van der Waals surface area (Å²) >= 11 is 0. The van der Waals surface area contributed by atoms with Crippen molar-refractivity contribution in [2.75, 3.05) is 46.4 Å². The summed E-state index contributed by atoms with van der Waals surface area (Å²) in [6.45, 7) is 5.13. The van der Waals surface area contributed by atoms with Gasteiger partial charge in [0.25, 0.3) is 0 Å². The van der Waals surface area contributed by atoms with Crippen LogP contribution < -0.4 is 5.32 Å². The number of amides is 2. The number of carbonyl (C=O) groups is 1. The van der Waals surface area contributed by atoms with Gasteiger partial charge in [-0.3, -0.25) is 4.90 Å². The summed E-state index contributed by atoms with van der Waals surface area (Å²) < 4.78 is 6.84. The molecule has 0 radical (unpaired) electrons. The van der Waals surface area contributed by atoms with E-state index in [1.165, 1.54) is 0 Å². The number of pyridine rings is 1. The molecule has 1 aliphatic heterocycles. The van der Waals surface area contributed by atoms with E-state index in [1.807, 2.05) is 27.7 Å². The lowest BCUT2D eigenvalue weighted by atomic mass is 10.3. The van der Waals surface area contributed by atoms with Crippen molar-refractivity contribution in [1.82, 2.24) is 24.7 Å². The second-order valence-corrected chi connectivity index (χ2v) is 5.69. The van der Waals surface area contributed by atoms with E-state index in [4.69, 9.17) is 4.74 Å². The van der Waals surface area contributed by atoms with Crippen LogP contribution in [0.5, 0.6) is 0 Å². The summed E-state index contributed by atoms with van der Waals surface area (Å²) in [4.78, 5) is 16.2. The Labute approximate surface area is 135 Å². The molecule has 2 aromatic heterocycles. The van der Waals surface area contributed by atoms with Crippen molar-refractivity contribution < 1.29 is 9.53 Å². The number of hydrogen-bond acceptors (Lipinski definition) is 4. The lowest BCUT2D eigenvalue weighted by Gasteiger charge is -2.34. The first-order valence-electron chi connectivity index (χ1n) is 7.93. The molecule has 0 bridgehead atoms. The molecule has 2 aromatic rings. The fourth-order valence-electron chi connectivity index (χ4n) is 2.78. The van der Waals surface area contributed by atoms with Gasteiger partial charge in [0.1, 0.15) is 0 Å². The van der Waals surface area contributed by atoms with Gasteiger partial charge in [-0.15, -0.1) is 0 Å². The molecule has 1 N–H and O–H groups in total. The summed E-state index contributed by atoms with van der Waals surface area (Å²) in [6, 6.07) is 8.16. The first-order chi connectivity index (χ1) is 11.3. The van der Waals surface area contributed by atoms with Crippen LogP contribution in [-0.4, -0.2) is 71.9 Å². The quantitative estimate of drug-likeness (QED) is 0.829. The largest absolute Gasteiger partial charge is 0.383 e. The van der Waals surface area contributed by atoms with Crippen LogP contribution in [-0.2, 0) is 11.3 Å². The maximum Gasteiger partial charge on any atom is 0.317 e. The minimum Gasteiger partial charge on any atom is -0.383 e. The molecule has 0 spiro atoms. The first kappa shape index (κ1) is 15.8. The minimum absolute atomic E-state index is 0.00516. The third-order valence-corrected chi connectivity index (χ3v) is 4.05. The van der Waals surface area contributed by atoms with Gasteiger partial charge in [0.15, 0.2) is 0 Å². The van der Waals surface area contributed by atoms with Gasteiger partial charge in [0, 0.05) is 52.6 Å². The van der Waals surface area contributed by atoms with Gasteiger partial charge in [-0.25, -0.2) is 9.31 Å². The molecule has 0 saturated carbocycles. The Balaban J connectivity index is 1.48. The van der Waals surface area contributed by atoms with Crippen LogP contribution in [0.4, 0.5) is 4.79 Å². The fraction of sp³-hybridized carbons (Fsp3) is 0.500. The van der Waals surface area contributed by atoms with Crippen molar-refractivity contribution >= 4 is 11.5 Å². The molecule has 0 atom stereocenters. The SMILES string of the molecule is COCCNC(=O)N1CCN(Cc2cc3ccccn3n2)CC1. The van der Waals surface area contributed by atoms with Crippen LogP contribution in [0.2, 0.25) is 0 Å². The minimum atomic E-state index is -0.00516. The number of piperazine rings is 1. The molecule has 7 nitrogen and oxygen atoms in total. The summed E-state index contributed by atoms with van der Waals surface area (Å²) in [6.07, 6.45) is 1.96. The number of aromatic nitrogens is 2. The van der Waals surface area contributed by atoms with Crippen LogP contribution in [0.15, 0.2) is 30.5 Å². The number of ether oxygens (including phenoxy) is 1. The van der Waals surface area contributed by atoms with Crippen molar-refractivity contribution in [2.24, 2.45) is 0 Å². The number of nitrogens with zero attached hydrogens (tertiary/aromatic N) is 4. The first-order valence-corrected chi connectivity index (χ1v) is 7.93. The summed E-state index contributed by atoms with van der Waals surface area (Å²) in [5.74, 6) is 0. The number of urea groups is 1. The summed E-state index contributed by atoms with van der Waals surface area (Å²) in [7, 11) is 1.63. The van der Waals surface area contributed by atoms with Gasteiger partial charge in [-0.1, -0.05) is 6.07 Å². The molecular formula is C16H23N5O2. The highest BCUT2D eigenvalue weighted by molar-refractivity contribution is 5.74. The number of rotatable bonds is 5. The number of methoxy groups -OCH3 is 1. The molecule has 2 amide bonds. The van der Waals surface area contributed by atoms with Gasteiger partial charge in [0.2, 0.25) is 0 Å². The third kappa shape index (κ3) is 4.00. The number of fused-ring (bicyclic) bond motifs is 1. The zero-order valence-corrected chi connectivity index (χ0v) is 13.4. The standard InChI is InChI=1S/C16H23N5O2/c1-23-11-5-17-16(22)20-9-7-19(8-10-20)13-14-12-15-4-2-3-6-21(15)18-14/h2-4,6,12H,5,7-11,13H2,1H3,(H,17,22). The molecule has 0 unspecified atom stereocenters. The molecule has 1 saturated heterocycles. The average Bonchev–Trinajstić information content (AvgIpc) is 2.98. The molecule has 0 aromatic carbocycles. The van der Waals surface area contributed by atoms with E-state index in [1.54, 1.807) is 7.11 Å². The second kappa shape index (κ2) is 7.43. The van der Waals surface area contributed by atoms with Gasteiger partial charge >= 0.3 is 6.03 Å². The van der Waals surface area contributed by atoms with E-state index < -0.39 is 0 Å². The third-order valence-electron chi connectivity index (χ3n) is 4.05. The normalized spacial score (nSPS) is 16.0. The molecule has 124 valence electrons. The molecule has 1 fully saturated rings. The monoisotopic (exact) mass is 317 g/mol. The second-order valence-electron chi connectivity index (χ2n) is 5.69. The molecule has 3 rings (SSSR count). The molecule has 7 heteroatoms. The average molecular weight is 317 g/mol. The van der Waals surface area contributed by atoms with Crippen LogP contribution in [0.3, 0.4) is 0 Å². The Morgan fingerprint density at radius 3 is 2.87 bits per heavy atom. The van der Waals surface area contributed by atoms with E-state index >= 15 is 0 Å². The number of hydrogen-bond donors (Lipinski definition) is 1. The predicted octanol–water partition coefficient (Wildman–Crippen LogP) is 0.808. The van der Waals surface area contributed by atoms with E-state index in [-0.39, 0.29) is 6.03 Å². The topological polar surface area (TPSA) is 62.1 Å². The van der Waals surface area contributed by atoms with Crippen LogP contribution >= 0.6 is 0 Å². The van der Waals surface area contributed by atoms with E-state index in [9.17, 15) is 4.79 Å². The van der Waals surface area contributed by atoms with Crippen molar-refractivity contribution in [3.8, 4) is 0 Å². The Kier molecular flexibility index (Phi) is 5.09. The predicted molar refractivity (Wildman–Crippen MR) is 87.3 cm³/mol. The maximum absolute atomic E-state index is 12.0. The Bertz CT molecular complexity index is 616. The Hall–Kier alpha value is -2.12. The smallest absolute Gasteiger partial charge is 0.317 e.